The van der Waals surface area contributed by atoms with Gasteiger partial charge in [0.25, 0.3) is 0 Å². The van der Waals surface area contributed by atoms with Crippen LogP contribution in [0.3, 0.4) is 0 Å². The third kappa shape index (κ3) is 4.59. The first kappa shape index (κ1) is 12.4. The molecule has 0 aliphatic carbocycles. The fourth-order valence-electron chi connectivity index (χ4n) is 1.50. The van der Waals surface area contributed by atoms with E-state index in [0.717, 1.165) is 6.42 Å². The second-order valence-corrected chi connectivity index (χ2v) is 3.83. The molecule has 0 saturated carbocycles. The topological polar surface area (TPSA) is 76.0 Å². The third-order valence-corrected chi connectivity index (χ3v) is 2.37. The SMILES string of the molecule is CC1CCC(O)C(OCCCC(=O)O)O1. The van der Waals surface area contributed by atoms with Gasteiger partial charge in [0.05, 0.1) is 12.7 Å². The number of hydrogen-bond donors (Lipinski definition) is 2. The van der Waals surface area contributed by atoms with Crippen LogP contribution in [0.5, 0.6) is 0 Å². The van der Waals surface area contributed by atoms with Crippen LogP contribution in [0.25, 0.3) is 0 Å². The van der Waals surface area contributed by atoms with Crippen LogP contribution in [0.1, 0.15) is 32.6 Å². The molecule has 5 heteroatoms. The highest BCUT2D eigenvalue weighted by molar-refractivity contribution is 5.66. The molecule has 1 heterocycles. The van der Waals surface area contributed by atoms with Gasteiger partial charge in [0.1, 0.15) is 6.10 Å². The van der Waals surface area contributed by atoms with E-state index in [1.165, 1.54) is 0 Å². The van der Waals surface area contributed by atoms with E-state index in [4.69, 9.17) is 14.6 Å². The van der Waals surface area contributed by atoms with E-state index in [0.29, 0.717) is 19.4 Å². The summed E-state index contributed by atoms with van der Waals surface area (Å²) in [6, 6.07) is 0. The monoisotopic (exact) mass is 218 g/mol. The van der Waals surface area contributed by atoms with Gasteiger partial charge in [0.15, 0.2) is 6.29 Å². The summed E-state index contributed by atoms with van der Waals surface area (Å²) >= 11 is 0. The molecule has 1 aliphatic heterocycles. The largest absolute Gasteiger partial charge is 0.481 e. The zero-order chi connectivity index (χ0) is 11.3. The average molecular weight is 218 g/mol. The number of carboxylic acids is 1. The van der Waals surface area contributed by atoms with E-state index in [1.807, 2.05) is 6.92 Å². The van der Waals surface area contributed by atoms with Gasteiger partial charge >= 0.3 is 5.97 Å². The molecule has 0 aromatic carbocycles. The van der Waals surface area contributed by atoms with Crippen LogP contribution in [-0.4, -0.2) is 41.3 Å². The highest BCUT2D eigenvalue weighted by Crippen LogP contribution is 2.20. The van der Waals surface area contributed by atoms with E-state index in [9.17, 15) is 9.90 Å². The first-order valence-corrected chi connectivity index (χ1v) is 5.26. The van der Waals surface area contributed by atoms with Gasteiger partial charge in [-0.3, -0.25) is 4.79 Å². The van der Waals surface area contributed by atoms with E-state index in [-0.39, 0.29) is 12.5 Å². The van der Waals surface area contributed by atoms with E-state index in [2.05, 4.69) is 0 Å². The van der Waals surface area contributed by atoms with Crippen molar-refractivity contribution in [3.63, 3.8) is 0 Å². The Morgan fingerprint density at radius 2 is 2.27 bits per heavy atom. The first-order valence-electron chi connectivity index (χ1n) is 5.26. The Morgan fingerprint density at radius 1 is 1.53 bits per heavy atom. The van der Waals surface area contributed by atoms with Crippen molar-refractivity contribution in [1.82, 2.24) is 0 Å². The second-order valence-electron chi connectivity index (χ2n) is 3.83. The fourth-order valence-corrected chi connectivity index (χ4v) is 1.50. The highest BCUT2D eigenvalue weighted by Gasteiger charge is 2.28. The number of hydrogen-bond acceptors (Lipinski definition) is 4. The maximum atomic E-state index is 10.2. The van der Waals surface area contributed by atoms with Crippen LogP contribution in [0, 0.1) is 0 Å². The minimum absolute atomic E-state index is 0.0817. The molecular formula is C10H18O5. The number of carboxylic acid groups (broad SMARTS) is 1. The first-order chi connectivity index (χ1) is 7.09. The Balaban J connectivity index is 2.16. The van der Waals surface area contributed by atoms with Crippen molar-refractivity contribution in [2.24, 2.45) is 0 Å². The number of rotatable bonds is 5. The van der Waals surface area contributed by atoms with E-state index in [1.54, 1.807) is 0 Å². The Bertz CT molecular complexity index is 206. The molecule has 1 saturated heterocycles. The predicted molar refractivity (Wildman–Crippen MR) is 52.4 cm³/mol. The molecule has 88 valence electrons. The molecule has 1 aliphatic rings. The minimum Gasteiger partial charge on any atom is -0.481 e. The highest BCUT2D eigenvalue weighted by atomic mass is 16.7. The third-order valence-electron chi connectivity index (χ3n) is 2.37. The summed E-state index contributed by atoms with van der Waals surface area (Å²) in [7, 11) is 0. The van der Waals surface area contributed by atoms with Gasteiger partial charge in [-0.1, -0.05) is 0 Å². The summed E-state index contributed by atoms with van der Waals surface area (Å²) in [6.45, 7) is 2.24. The quantitative estimate of drug-likeness (QED) is 0.666. The number of aliphatic hydroxyl groups is 1. The van der Waals surface area contributed by atoms with Crippen LogP contribution in [0.2, 0.25) is 0 Å². The molecular weight excluding hydrogens is 200 g/mol. The molecule has 1 rings (SSSR count). The summed E-state index contributed by atoms with van der Waals surface area (Å²) in [4.78, 5) is 10.2. The number of aliphatic hydroxyl groups excluding tert-OH is 1. The Morgan fingerprint density at radius 3 is 2.93 bits per heavy atom. The van der Waals surface area contributed by atoms with Crippen molar-refractivity contribution < 1.29 is 24.5 Å². The maximum absolute atomic E-state index is 10.2. The second kappa shape index (κ2) is 6.05. The lowest BCUT2D eigenvalue weighted by atomic mass is 10.1. The summed E-state index contributed by atoms with van der Waals surface area (Å²) in [5, 5.41) is 17.9. The normalized spacial score (nSPS) is 31.5. The van der Waals surface area contributed by atoms with Crippen LogP contribution in [0.15, 0.2) is 0 Å². The molecule has 15 heavy (non-hydrogen) atoms. The molecule has 5 nitrogen and oxygen atoms in total. The molecule has 0 aromatic rings. The smallest absolute Gasteiger partial charge is 0.303 e. The van der Waals surface area contributed by atoms with E-state index >= 15 is 0 Å². The molecule has 2 N–H and O–H groups in total. The lowest BCUT2D eigenvalue weighted by molar-refractivity contribution is -0.236. The molecule has 0 radical (unpaired) electrons. The Labute approximate surface area is 89.0 Å². The van der Waals surface area contributed by atoms with Crippen LogP contribution in [-0.2, 0) is 14.3 Å². The Kier molecular flexibility index (Phi) is 5.01. The van der Waals surface area contributed by atoms with Gasteiger partial charge in [-0.15, -0.1) is 0 Å². The van der Waals surface area contributed by atoms with Crippen molar-refractivity contribution in [1.29, 1.82) is 0 Å². The van der Waals surface area contributed by atoms with Gasteiger partial charge in [0.2, 0.25) is 0 Å². The molecule has 1 fully saturated rings. The van der Waals surface area contributed by atoms with Gasteiger partial charge < -0.3 is 19.7 Å². The lowest BCUT2D eigenvalue weighted by Gasteiger charge is -2.31. The van der Waals surface area contributed by atoms with Crippen molar-refractivity contribution >= 4 is 5.97 Å². The van der Waals surface area contributed by atoms with Gasteiger partial charge in [0, 0.05) is 6.42 Å². The Hall–Kier alpha value is -0.650. The van der Waals surface area contributed by atoms with E-state index < -0.39 is 18.4 Å². The minimum atomic E-state index is -0.836. The summed E-state index contributed by atoms with van der Waals surface area (Å²) < 4.78 is 10.7. The maximum Gasteiger partial charge on any atom is 0.303 e. The van der Waals surface area contributed by atoms with Crippen molar-refractivity contribution in [2.75, 3.05) is 6.61 Å². The molecule has 3 unspecified atom stereocenters. The molecule has 0 aromatic heterocycles. The summed E-state index contributed by atoms with van der Waals surface area (Å²) in [5.41, 5.74) is 0. The van der Waals surface area contributed by atoms with Gasteiger partial charge in [-0.2, -0.15) is 0 Å². The zero-order valence-corrected chi connectivity index (χ0v) is 8.89. The number of carbonyl (C=O) groups is 1. The van der Waals surface area contributed by atoms with Crippen LogP contribution >= 0.6 is 0 Å². The fraction of sp³-hybridized carbons (Fsp3) is 0.900. The van der Waals surface area contributed by atoms with Crippen LogP contribution < -0.4 is 0 Å². The molecule has 0 bridgehead atoms. The van der Waals surface area contributed by atoms with Crippen molar-refractivity contribution in [3.05, 3.63) is 0 Å². The van der Waals surface area contributed by atoms with Crippen molar-refractivity contribution in [2.45, 2.75) is 51.1 Å². The standard InChI is InChI=1S/C10H18O5/c1-7-4-5-8(11)10(15-7)14-6-2-3-9(12)13/h7-8,10-11H,2-6H2,1H3,(H,12,13). The van der Waals surface area contributed by atoms with Gasteiger partial charge in [-0.25, -0.2) is 0 Å². The zero-order valence-electron chi connectivity index (χ0n) is 8.89. The molecule has 0 amide bonds. The molecule has 0 spiro atoms. The van der Waals surface area contributed by atoms with Gasteiger partial charge in [-0.05, 0) is 26.2 Å². The average Bonchev–Trinajstić information content (AvgIpc) is 2.17. The molecule has 3 atom stereocenters. The lowest BCUT2D eigenvalue weighted by Crippen LogP contribution is -2.39. The summed E-state index contributed by atoms with van der Waals surface area (Å²) in [6.07, 6.45) is 0.932. The summed E-state index contributed by atoms with van der Waals surface area (Å²) in [5.74, 6) is -0.836. The number of ether oxygens (including phenoxy) is 2. The van der Waals surface area contributed by atoms with Crippen molar-refractivity contribution in [3.8, 4) is 0 Å². The number of aliphatic carboxylic acids is 1. The van der Waals surface area contributed by atoms with Crippen LogP contribution in [0.4, 0.5) is 0 Å². The predicted octanol–water partition coefficient (Wildman–Crippen LogP) is 0.754.